The van der Waals surface area contributed by atoms with Crippen LogP contribution in [0.3, 0.4) is 0 Å². The van der Waals surface area contributed by atoms with E-state index in [0.717, 1.165) is 21.0 Å². The van der Waals surface area contributed by atoms with Crippen LogP contribution in [-0.4, -0.2) is 71.3 Å². The van der Waals surface area contributed by atoms with Crippen LogP contribution in [0, 0.1) is 0 Å². The molecule has 3 heterocycles. The highest BCUT2D eigenvalue weighted by atomic mass is 28.3. The lowest BCUT2D eigenvalue weighted by atomic mass is 9.88. The molecule has 0 radical (unpaired) electrons. The Labute approximate surface area is 220 Å². The largest absolute Gasteiger partial charge is 0.463 e. The molecule has 4 amide bonds. The van der Waals surface area contributed by atoms with Crippen LogP contribution in [-0.2, 0) is 14.3 Å². The van der Waals surface area contributed by atoms with E-state index in [1.807, 2.05) is 0 Å². The summed E-state index contributed by atoms with van der Waals surface area (Å²) in [5.41, 5.74) is 0.794. The SMILES string of the molecule is C[Si](C)(C)CCOC(=O)C1=CC=CN(C(=O)c2ccccc2)N2C(=O)[C@@H](N3C(=O)c4ccccc4C3=O)[C@@H]12. The summed E-state index contributed by atoms with van der Waals surface area (Å²) in [7, 11) is -1.49. The normalized spacial score (nSPS) is 20.4. The van der Waals surface area contributed by atoms with Crippen molar-refractivity contribution in [1.82, 2.24) is 14.9 Å². The van der Waals surface area contributed by atoms with Crippen molar-refractivity contribution >= 4 is 37.7 Å². The number of carbonyl (C=O) groups is 5. The van der Waals surface area contributed by atoms with Crippen LogP contribution in [0.1, 0.15) is 31.1 Å². The minimum atomic E-state index is -1.49. The molecule has 0 aromatic heterocycles. The van der Waals surface area contributed by atoms with E-state index in [9.17, 15) is 24.0 Å². The van der Waals surface area contributed by atoms with E-state index >= 15 is 0 Å². The Morgan fingerprint density at radius 1 is 0.868 bits per heavy atom. The first-order chi connectivity index (χ1) is 18.1. The van der Waals surface area contributed by atoms with Crippen molar-refractivity contribution in [1.29, 1.82) is 0 Å². The third-order valence-electron chi connectivity index (χ3n) is 6.75. The Morgan fingerprint density at radius 3 is 2.08 bits per heavy atom. The highest BCUT2D eigenvalue weighted by Crippen LogP contribution is 2.39. The van der Waals surface area contributed by atoms with Gasteiger partial charge in [-0.3, -0.25) is 24.1 Å². The summed E-state index contributed by atoms with van der Waals surface area (Å²) in [6.07, 6.45) is 4.35. The first-order valence-corrected chi connectivity index (χ1v) is 16.0. The summed E-state index contributed by atoms with van der Waals surface area (Å²) in [4.78, 5) is 67.7. The summed E-state index contributed by atoms with van der Waals surface area (Å²) < 4.78 is 5.57. The second-order valence-electron chi connectivity index (χ2n) is 10.5. The van der Waals surface area contributed by atoms with E-state index in [4.69, 9.17) is 4.74 Å². The minimum Gasteiger partial charge on any atom is -0.463 e. The van der Waals surface area contributed by atoms with E-state index in [0.29, 0.717) is 5.56 Å². The highest BCUT2D eigenvalue weighted by molar-refractivity contribution is 6.76. The molecule has 2 atom stereocenters. The van der Waals surface area contributed by atoms with Gasteiger partial charge in [-0.15, -0.1) is 0 Å². The van der Waals surface area contributed by atoms with Crippen LogP contribution < -0.4 is 0 Å². The lowest BCUT2D eigenvalue weighted by Gasteiger charge is -2.51. The lowest BCUT2D eigenvalue weighted by molar-refractivity contribution is -0.173. The number of ether oxygens (including phenoxy) is 1. The standard InChI is InChI=1S/C28H27N3O6Si/c1-38(2,3)17-16-37-28(36)21-14-9-15-29(24(32)18-10-5-4-6-11-18)31-22(21)23(27(31)35)30-25(33)19-12-7-8-13-20(19)26(30)34/h4-15,22-23H,16-17H2,1-3H3/t22-,23+/m1/s1. The average Bonchev–Trinajstić information content (AvgIpc) is 3.03. The van der Waals surface area contributed by atoms with Crippen LogP contribution in [0.15, 0.2) is 78.5 Å². The first-order valence-electron chi connectivity index (χ1n) is 12.3. The molecule has 3 aliphatic heterocycles. The second-order valence-corrected chi connectivity index (χ2v) is 16.1. The molecule has 38 heavy (non-hydrogen) atoms. The Morgan fingerprint density at radius 2 is 1.47 bits per heavy atom. The number of amides is 4. The van der Waals surface area contributed by atoms with Crippen LogP contribution in [0.5, 0.6) is 0 Å². The van der Waals surface area contributed by atoms with Crippen molar-refractivity contribution in [2.24, 2.45) is 0 Å². The average molecular weight is 530 g/mol. The number of nitrogens with zero attached hydrogens (tertiary/aromatic N) is 3. The van der Waals surface area contributed by atoms with Gasteiger partial charge in [0, 0.05) is 19.8 Å². The van der Waals surface area contributed by atoms with Gasteiger partial charge in [-0.25, -0.2) is 14.8 Å². The van der Waals surface area contributed by atoms with Gasteiger partial charge in [0.1, 0.15) is 12.1 Å². The number of allylic oxidation sites excluding steroid dienone is 2. The van der Waals surface area contributed by atoms with Crippen molar-refractivity contribution in [2.75, 3.05) is 6.61 Å². The smallest absolute Gasteiger partial charge is 0.336 e. The molecule has 0 spiro atoms. The molecule has 0 unspecified atom stereocenters. The Balaban J connectivity index is 1.50. The molecule has 0 aliphatic carbocycles. The summed E-state index contributed by atoms with van der Waals surface area (Å²) in [6, 6.07) is 13.1. The molecule has 194 valence electrons. The Kier molecular flexibility index (Phi) is 6.35. The second kappa shape index (κ2) is 9.53. The molecule has 1 fully saturated rings. The highest BCUT2D eigenvalue weighted by Gasteiger charge is 2.61. The monoisotopic (exact) mass is 529 g/mol. The van der Waals surface area contributed by atoms with Gasteiger partial charge in [-0.05, 0) is 42.5 Å². The maximum absolute atomic E-state index is 13.6. The van der Waals surface area contributed by atoms with Gasteiger partial charge in [0.05, 0.1) is 23.3 Å². The minimum absolute atomic E-state index is 0.0846. The van der Waals surface area contributed by atoms with Gasteiger partial charge in [-0.2, -0.15) is 0 Å². The van der Waals surface area contributed by atoms with Gasteiger partial charge in [0.2, 0.25) is 0 Å². The third-order valence-corrected chi connectivity index (χ3v) is 8.45. The van der Waals surface area contributed by atoms with Gasteiger partial charge >= 0.3 is 5.97 Å². The van der Waals surface area contributed by atoms with Crippen LogP contribution >= 0.6 is 0 Å². The van der Waals surface area contributed by atoms with E-state index in [1.54, 1.807) is 42.5 Å². The van der Waals surface area contributed by atoms with Crippen molar-refractivity contribution in [2.45, 2.75) is 37.8 Å². The first kappa shape index (κ1) is 25.3. The van der Waals surface area contributed by atoms with E-state index in [2.05, 4.69) is 19.6 Å². The Hall–Kier alpha value is -4.31. The predicted octanol–water partition coefficient (Wildman–Crippen LogP) is 3.25. The van der Waals surface area contributed by atoms with Crippen LogP contribution in [0.25, 0.3) is 0 Å². The van der Waals surface area contributed by atoms with E-state index in [-0.39, 0.29) is 23.3 Å². The number of rotatable bonds is 6. The van der Waals surface area contributed by atoms with Crippen LogP contribution in [0.2, 0.25) is 25.7 Å². The molecule has 2 aromatic carbocycles. The fraction of sp³-hybridized carbons (Fsp3) is 0.250. The molecular weight excluding hydrogens is 502 g/mol. The number of benzene rings is 2. The van der Waals surface area contributed by atoms with Crippen LogP contribution in [0.4, 0.5) is 0 Å². The molecule has 10 heteroatoms. The number of β-lactam (4-membered cyclic amide) rings is 1. The molecule has 3 aliphatic rings. The number of imide groups is 1. The summed E-state index contributed by atoms with van der Waals surface area (Å²) in [5.74, 6) is -3.05. The quantitative estimate of drug-likeness (QED) is 0.246. The molecule has 2 aromatic rings. The van der Waals surface area contributed by atoms with Crippen molar-refractivity contribution in [3.8, 4) is 0 Å². The topological polar surface area (TPSA) is 104 Å². The third kappa shape index (κ3) is 4.26. The number of esters is 1. The van der Waals surface area contributed by atoms with Gasteiger partial charge in [-0.1, -0.05) is 50.0 Å². The fourth-order valence-corrected chi connectivity index (χ4v) is 5.43. The number of fused-ring (bicyclic) bond motifs is 2. The zero-order chi connectivity index (χ0) is 27.2. The van der Waals surface area contributed by atoms with Crippen molar-refractivity contribution < 1.29 is 28.7 Å². The molecule has 0 saturated carbocycles. The van der Waals surface area contributed by atoms with Gasteiger partial charge in [0.25, 0.3) is 23.6 Å². The molecule has 1 saturated heterocycles. The number of hydrogen-bond donors (Lipinski definition) is 0. The summed E-state index contributed by atoms with van der Waals surface area (Å²) in [5, 5.41) is 2.24. The molecule has 0 N–H and O–H groups in total. The zero-order valence-electron chi connectivity index (χ0n) is 21.3. The maximum atomic E-state index is 13.6. The summed E-state index contributed by atoms with van der Waals surface area (Å²) in [6.45, 7) is 6.69. The maximum Gasteiger partial charge on any atom is 0.336 e. The number of carbonyl (C=O) groups excluding carboxylic acids is 5. The number of hydrogen-bond acceptors (Lipinski definition) is 6. The predicted molar refractivity (Wildman–Crippen MR) is 140 cm³/mol. The van der Waals surface area contributed by atoms with Crippen molar-refractivity contribution in [3.63, 3.8) is 0 Å². The Bertz CT molecular complexity index is 1380. The fourth-order valence-electron chi connectivity index (χ4n) is 4.71. The van der Waals surface area contributed by atoms with E-state index in [1.165, 1.54) is 30.5 Å². The molecule has 0 bridgehead atoms. The van der Waals surface area contributed by atoms with Gasteiger partial charge in [0.15, 0.2) is 0 Å². The lowest BCUT2D eigenvalue weighted by Crippen LogP contribution is -2.76. The molecular formula is C28H27N3O6Si. The van der Waals surface area contributed by atoms with Crippen molar-refractivity contribution in [3.05, 3.63) is 95.2 Å². The summed E-state index contributed by atoms with van der Waals surface area (Å²) >= 11 is 0. The zero-order valence-corrected chi connectivity index (χ0v) is 22.3. The van der Waals surface area contributed by atoms with E-state index < -0.39 is 49.8 Å². The van der Waals surface area contributed by atoms with Gasteiger partial charge < -0.3 is 4.74 Å². The molecule has 5 rings (SSSR count). The number of hydrazine groups is 1. The molecule has 9 nitrogen and oxygen atoms in total.